The van der Waals surface area contributed by atoms with Crippen molar-refractivity contribution in [2.45, 2.75) is 38.7 Å². The molecule has 0 fully saturated rings. The molecule has 0 bridgehead atoms. The van der Waals surface area contributed by atoms with Gasteiger partial charge in [-0.3, -0.25) is 0 Å². The van der Waals surface area contributed by atoms with Crippen LogP contribution in [0.3, 0.4) is 0 Å². The molecular formula is C27H29NO2S. The summed E-state index contributed by atoms with van der Waals surface area (Å²) in [5.41, 5.74) is 3.09. The van der Waals surface area contributed by atoms with Crippen LogP contribution < -0.4 is 4.74 Å². The Bertz CT molecular complexity index is 1080. The van der Waals surface area contributed by atoms with Crippen LogP contribution >= 0.6 is 12.0 Å². The van der Waals surface area contributed by atoms with Crippen molar-refractivity contribution >= 4 is 28.5 Å². The Balaban J connectivity index is 0.000000339. The van der Waals surface area contributed by atoms with Crippen LogP contribution in [0, 0.1) is 12.8 Å². The van der Waals surface area contributed by atoms with Crippen molar-refractivity contribution in [2.24, 2.45) is 11.1 Å². The van der Waals surface area contributed by atoms with Gasteiger partial charge < -0.3 is 9.02 Å². The molecule has 1 aliphatic rings. The fourth-order valence-corrected chi connectivity index (χ4v) is 3.63. The molecule has 1 heterocycles. The first-order chi connectivity index (χ1) is 15.0. The van der Waals surface area contributed by atoms with Crippen LogP contribution in [0.25, 0.3) is 10.8 Å². The standard InChI is InChI=1S/C20H17NO2S.C7H12/c1-13-7-10-16(11-8-13)24-23-21-20-14(2)22-18-12-9-15-5-3-4-6-17(15)19(18)20;1-4-5-6-7(2)3/h3-12,14H,1-2H3;4-7H,1H2,2-3H3/b21-20+;6-5-. The summed E-state index contributed by atoms with van der Waals surface area (Å²) in [7, 11) is 0. The Labute approximate surface area is 189 Å². The van der Waals surface area contributed by atoms with Gasteiger partial charge in [-0.1, -0.05) is 91.8 Å². The second-order valence-corrected chi connectivity index (χ2v) is 8.52. The van der Waals surface area contributed by atoms with Gasteiger partial charge in [-0.15, -0.1) is 0 Å². The van der Waals surface area contributed by atoms with Crippen molar-refractivity contribution in [3.63, 3.8) is 0 Å². The molecule has 0 aliphatic carbocycles. The van der Waals surface area contributed by atoms with E-state index in [2.05, 4.69) is 68.9 Å². The number of aryl methyl sites for hydroxylation is 1. The number of benzene rings is 3. The Hall–Kier alpha value is -2.98. The quantitative estimate of drug-likeness (QED) is 0.235. The number of oxime groups is 1. The largest absolute Gasteiger partial charge is 0.484 e. The van der Waals surface area contributed by atoms with Crippen molar-refractivity contribution in [3.8, 4) is 5.75 Å². The zero-order valence-corrected chi connectivity index (χ0v) is 19.4. The summed E-state index contributed by atoms with van der Waals surface area (Å²) in [6.07, 6.45) is 5.74. The number of allylic oxidation sites excluding steroid dienone is 3. The maximum Gasteiger partial charge on any atom is 0.142 e. The molecule has 3 aromatic carbocycles. The van der Waals surface area contributed by atoms with E-state index in [0.717, 1.165) is 27.3 Å². The lowest BCUT2D eigenvalue weighted by atomic mass is 10.00. The zero-order valence-electron chi connectivity index (χ0n) is 18.5. The first-order valence-corrected chi connectivity index (χ1v) is 11.2. The van der Waals surface area contributed by atoms with Gasteiger partial charge in [-0.05, 0) is 48.7 Å². The number of hydrogen-bond acceptors (Lipinski definition) is 4. The third-order valence-corrected chi connectivity index (χ3v) is 5.37. The van der Waals surface area contributed by atoms with Crippen molar-refractivity contribution in [1.82, 2.24) is 0 Å². The van der Waals surface area contributed by atoms with E-state index in [4.69, 9.17) is 9.02 Å². The lowest BCUT2D eigenvalue weighted by Gasteiger charge is -2.05. The molecule has 0 amide bonds. The van der Waals surface area contributed by atoms with Gasteiger partial charge in [0, 0.05) is 0 Å². The van der Waals surface area contributed by atoms with Crippen molar-refractivity contribution in [2.75, 3.05) is 0 Å². The third kappa shape index (κ3) is 6.02. The molecule has 1 aliphatic heterocycles. The van der Waals surface area contributed by atoms with E-state index in [1.165, 1.54) is 23.0 Å². The first kappa shape index (κ1) is 22.7. The lowest BCUT2D eigenvalue weighted by molar-refractivity contribution is 0.297. The summed E-state index contributed by atoms with van der Waals surface area (Å²) >= 11 is 1.26. The fraction of sp³-hybridized carbons (Fsp3) is 0.222. The molecule has 0 saturated heterocycles. The van der Waals surface area contributed by atoms with Crippen molar-refractivity contribution < 1.29 is 9.02 Å². The Morgan fingerprint density at radius 1 is 1.06 bits per heavy atom. The smallest absolute Gasteiger partial charge is 0.142 e. The van der Waals surface area contributed by atoms with Crippen molar-refractivity contribution in [3.05, 3.63) is 96.6 Å². The number of fused-ring (bicyclic) bond motifs is 3. The number of hydrogen-bond donors (Lipinski definition) is 0. The Morgan fingerprint density at radius 2 is 1.81 bits per heavy atom. The van der Waals surface area contributed by atoms with E-state index < -0.39 is 0 Å². The van der Waals surface area contributed by atoms with Gasteiger partial charge in [0.25, 0.3) is 0 Å². The van der Waals surface area contributed by atoms with E-state index in [1.54, 1.807) is 6.08 Å². The van der Waals surface area contributed by atoms with Gasteiger partial charge in [-0.25, -0.2) is 0 Å². The minimum atomic E-state index is -0.121. The van der Waals surface area contributed by atoms with Gasteiger partial charge in [0.1, 0.15) is 29.6 Å². The highest BCUT2D eigenvalue weighted by Crippen LogP contribution is 2.36. The maximum atomic E-state index is 5.93. The predicted molar refractivity (Wildman–Crippen MR) is 133 cm³/mol. The van der Waals surface area contributed by atoms with E-state index >= 15 is 0 Å². The molecule has 3 aromatic rings. The monoisotopic (exact) mass is 431 g/mol. The summed E-state index contributed by atoms with van der Waals surface area (Å²) in [6.45, 7) is 11.9. The van der Waals surface area contributed by atoms with Crippen LogP contribution in [0.2, 0.25) is 0 Å². The molecule has 160 valence electrons. The average Bonchev–Trinajstić information content (AvgIpc) is 3.09. The molecule has 3 nitrogen and oxygen atoms in total. The van der Waals surface area contributed by atoms with E-state index in [-0.39, 0.29) is 6.10 Å². The molecule has 4 rings (SSSR count). The van der Waals surface area contributed by atoms with Gasteiger partial charge >= 0.3 is 0 Å². The lowest BCUT2D eigenvalue weighted by Crippen LogP contribution is -2.16. The van der Waals surface area contributed by atoms with Crippen LogP contribution in [0.1, 0.15) is 31.9 Å². The first-order valence-electron chi connectivity index (χ1n) is 10.5. The van der Waals surface area contributed by atoms with Crippen LogP contribution in [-0.4, -0.2) is 11.8 Å². The third-order valence-electron chi connectivity index (χ3n) is 4.76. The summed E-state index contributed by atoms with van der Waals surface area (Å²) in [5, 5.41) is 6.68. The van der Waals surface area contributed by atoms with E-state index in [1.807, 2.05) is 43.3 Å². The van der Waals surface area contributed by atoms with Crippen LogP contribution in [0.15, 0.2) is 95.5 Å². The SMILES string of the molecule is C=C/C=C\C(C)C.Cc1ccc(SO/N=C2/c3c(ccc4ccccc34)OC2C)cc1. The topological polar surface area (TPSA) is 30.8 Å². The number of ether oxygens (including phenoxy) is 1. The minimum Gasteiger partial charge on any atom is -0.484 e. The highest BCUT2D eigenvalue weighted by Gasteiger charge is 2.29. The van der Waals surface area contributed by atoms with Crippen LogP contribution in [-0.2, 0) is 4.28 Å². The van der Waals surface area contributed by atoms with Gasteiger partial charge in [-0.2, -0.15) is 0 Å². The average molecular weight is 432 g/mol. The second-order valence-electron chi connectivity index (χ2n) is 7.73. The molecule has 0 radical (unpaired) electrons. The Kier molecular flexibility index (Phi) is 7.96. The molecule has 0 N–H and O–H groups in total. The highest BCUT2D eigenvalue weighted by molar-refractivity contribution is 7.94. The second kappa shape index (κ2) is 10.9. The Morgan fingerprint density at radius 3 is 2.48 bits per heavy atom. The number of nitrogens with zero attached hydrogens (tertiary/aromatic N) is 1. The summed E-state index contributed by atoms with van der Waals surface area (Å²) in [5.74, 6) is 1.52. The summed E-state index contributed by atoms with van der Waals surface area (Å²) < 4.78 is 11.5. The van der Waals surface area contributed by atoms with Gasteiger partial charge in [0.2, 0.25) is 0 Å². The summed E-state index contributed by atoms with van der Waals surface area (Å²) in [6, 6.07) is 20.5. The molecule has 31 heavy (non-hydrogen) atoms. The normalized spacial score (nSPS) is 16.2. The molecule has 0 saturated carbocycles. The molecule has 1 unspecified atom stereocenters. The predicted octanol–water partition coefficient (Wildman–Crippen LogP) is 7.74. The summed E-state index contributed by atoms with van der Waals surface area (Å²) in [4.78, 5) is 1.02. The molecule has 1 atom stereocenters. The van der Waals surface area contributed by atoms with Gasteiger partial charge in [0.15, 0.2) is 0 Å². The molecule has 0 aromatic heterocycles. The number of rotatable bonds is 5. The van der Waals surface area contributed by atoms with E-state index in [0.29, 0.717) is 5.92 Å². The highest BCUT2D eigenvalue weighted by atomic mass is 32.2. The fourth-order valence-electron chi connectivity index (χ4n) is 3.18. The van der Waals surface area contributed by atoms with Crippen LogP contribution in [0.4, 0.5) is 0 Å². The molecule has 4 heteroatoms. The van der Waals surface area contributed by atoms with E-state index in [9.17, 15) is 0 Å². The van der Waals surface area contributed by atoms with Gasteiger partial charge in [0.05, 0.1) is 10.5 Å². The maximum absolute atomic E-state index is 5.93. The van der Waals surface area contributed by atoms with Crippen LogP contribution in [0.5, 0.6) is 5.75 Å². The molecule has 0 spiro atoms. The minimum absolute atomic E-state index is 0.121. The molecular weight excluding hydrogens is 402 g/mol. The zero-order chi connectivity index (χ0) is 22.2. The van der Waals surface area contributed by atoms with Crippen molar-refractivity contribution in [1.29, 1.82) is 0 Å².